The molecule has 172 valence electrons. The molecule has 0 spiro atoms. The fourth-order valence-electron chi connectivity index (χ4n) is 2.94. The number of thioether (sulfide) groups is 1. The first-order valence-corrected chi connectivity index (χ1v) is 11.5. The van der Waals surface area contributed by atoms with Crippen LogP contribution >= 0.6 is 11.8 Å². The highest BCUT2D eigenvalue weighted by molar-refractivity contribution is 7.98. The zero-order valence-corrected chi connectivity index (χ0v) is 19.3. The van der Waals surface area contributed by atoms with Crippen molar-refractivity contribution >= 4 is 17.7 Å². The number of carbonyl (C=O) groups is 1. The average molecular weight is 468 g/mol. The van der Waals surface area contributed by atoms with E-state index in [4.69, 9.17) is 14.2 Å². The molecule has 0 amide bonds. The van der Waals surface area contributed by atoms with E-state index in [0.717, 1.165) is 25.0 Å². The minimum absolute atomic E-state index is 0.0626. The fraction of sp³-hybridized carbons (Fsp3) is 0.231. The van der Waals surface area contributed by atoms with Gasteiger partial charge in [-0.3, -0.25) is 0 Å². The highest BCUT2D eigenvalue weighted by atomic mass is 32.2. The van der Waals surface area contributed by atoms with Crippen LogP contribution in [0.5, 0.6) is 11.6 Å². The molecule has 1 aromatic heterocycles. The number of rotatable bonds is 12. The van der Waals surface area contributed by atoms with Gasteiger partial charge in [-0.15, -0.1) is 11.8 Å². The number of ether oxygens (including phenoxy) is 3. The van der Waals surface area contributed by atoms with Gasteiger partial charge in [-0.1, -0.05) is 30.3 Å². The minimum atomic E-state index is -0.684. The summed E-state index contributed by atoms with van der Waals surface area (Å²) in [6.07, 6.45) is 2.60. The average Bonchev–Trinajstić information content (AvgIpc) is 2.84. The molecule has 0 unspecified atom stereocenters. The molecule has 3 rings (SSSR count). The first kappa shape index (κ1) is 24.3. The summed E-state index contributed by atoms with van der Waals surface area (Å²) in [6.45, 7) is 4.02. The van der Waals surface area contributed by atoms with Crippen LogP contribution in [0.4, 0.5) is 4.39 Å². The number of esters is 1. The van der Waals surface area contributed by atoms with Crippen LogP contribution in [0.3, 0.4) is 0 Å². The van der Waals surface area contributed by atoms with Crippen molar-refractivity contribution in [3.05, 3.63) is 96.1 Å². The summed E-state index contributed by atoms with van der Waals surface area (Å²) in [6, 6.07) is 19.6. The SMILES string of the molecule is C=C(OCCCCc1ccc(OC)cc1)C(=O)Oc1cccc(CSc2ccccc2F)n1. The molecule has 0 aliphatic carbocycles. The highest BCUT2D eigenvalue weighted by Gasteiger charge is 2.13. The lowest BCUT2D eigenvalue weighted by Crippen LogP contribution is -2.14. The molecule has 7 heteroatoms. The number of methoxy groups -OCH3 is 1. The summed E-state index contributed by atoms with van der Waals surface area (Å²) >= 11 is 1.32. The molecule has 0 saturated heterocycles. The molecule has 0 bridgehead atoms. The summed E-state index contributed by atoms with van der Waals surface area (Å²) in [5.41, 5.74) is 1.88. The topological polar surface area (TPSA) is 57.7 Å². The molecule has 0 fully saturated rings. The second kappa shape index (κ2) is 12.6. The lowest BCUT2D eigenvalue weighted by Gasteiger charge is -2.09. The predicted octanol–water partition coefficient (Wildman–Crippen LogP) is 5.98. The van der Waals surface area contributed by atoms with Crippen LogP contribution in [0.15, 0.2) is 84.0 Å². The molecule has 0 atom stereocenters. The van der Waals surface area contributed by atoms with Crippen molar-refractivity contribution in [3.8, 4) is 11.6 Å². The summed E-state index contributed by atoms with van der Waals surface area (Å²) in [5, 5.41) is 0. The number of hydrogen-bond acceptors (Lipinski definition) is 6. The second-order valence-corrected chi connectivity index (χ2v) is 8.17. The van der Waals surface area contributed by atoms with Gasteiger partial charge in [-0.25, -0.2) is 14.2 Å². The Bertz CT molecular complexity index is 1070. The first-order valence-electron chi connectivity index (χ1n) is 10.5. The number of halogens is 1. The second-order valence-electron chi connectivity index (χ2n) is 7.15. The molecular weight excluding hydrogens is 441 g/mol. The maximum Gasteiger partial charge on any atom is 0.379 e. The number of unbranched alkanes of at least 4 members (excludes halogenated alkanes) is 1. The maximum absolute atomic E-state index is 13.8. The maximum atomic E-state index is 13.8. The number of aromatic nitrogens is 1. The van der Waals surface area contributed by atoms with Gasteiger partial charge in [0.2, 0.25) is 5.88 Å². The Morgan fingerprint density at radius 3 is 2.58 bits per heavy atom. The number of aryl methyl sites for hydroxylation is 1. The number of hydrogen-bond donors (Lipinski definition) is 0. The Morgan fingerprint density at radius 2 is 1.82 bits per heavy atom. The van der Waals surface area contributed by atoms with Crippen LogP contribution in [-0.4, -0.2) is 24.7 Å². The molecule has 5 nitrogen and oxygen atoms in total. The monoisotopic (exact) mass is 467 g/mol. The van der Waals surface area contributed by atoms with Gasteiger partial charge in [-0.05, 0) is 61.7 Å². The van der Waals surface area contributed by atoms with E-state index >= 15 is 0 Å². The lowest BCUT2D eigenvalue weighted by atomic mass is 10.1. The smallest absolute Gasteiger partial charge is 0.379 e. The fourth-order valence-corrected chi connectivity index (χ4v) is 3.78. The zero-order valence-electron chi connectivity index (χ0n) is 18.5. The molecule has 0 radical (unpaired) electrons. The Kier molecular flexibility index (Phi) is 9.32. The number of benzene rings is 2. The van der Waals surface area contributed by atoms with Gasteiger partial charge < -0.3 is 14.2 Å². The van der Waals surface area contributed by atoms with E-state index in [-0.39, 0.29) is 17.5 Å². The standard InChI is InChI=1S/C26H26FNO4S/c1-19(31-17-6-5-8-20-13-15-22(30-2)16-14-20)26(29)32-25-12-7-9-21(28-25)18-33-24-11-4-3-10-23(24)27/h3-4,7,9-16H,1,5-6,8,17-18H2,2H3. The van der Waals surface area contributed by atoms with E-state index in [1.165, 1.54) is 23.4 Å². The van der Waals surface area contributed by atoms with Crippen molar-refractivity contribution in [2.45, 2.75) is 29.9 Å². The van der Waals surface area contributed by atoms with Gasteiger partial charge in [-0.2, -0.15) is 0 Å². The molecule has 0 N–H and O–H groups in total. The van der Waals surface area contributed by atoms with Crippen LogP contribution in [0.1, 0.15) is 24.1 Å². The third-order valence-electron chi connectivity index (χ3n) is 4.71. The van der Waals surface area contributed by atoms with Gasteiger partial charge in [0.25, 0.3) is 0 Å². The molecule has 0 saturated carbocycles. The lowest BCUT2D eigenvalue weighted by molar-refractivity contribution is -0.134. The van der Waals surface area contributed by atoms with Crippen molar-refractivity contribution < 1.29 is 23.4 Å². The van der Waals surface area contributed by atoms with E-state index in [1.54, 1.807) is 43.5 Å². The van der Waals surface area contributed by atoms with Gasteiger partial charge in [0.15, 0.2) is 5.76 Å². The molecule has 3 aromatic rings. The van der Waals surface area contributed by atoms with Gasteiger partial charge in [0, 0.05) is 16.7 Å². The molecule has 2 aromatic carbocycles. The van der Waals surface area contributed by atoms with Gasteiger partial charge in [0.1, 0.15) is 11.6 Å². The molecule has 1 heterocycles. The highest BCUT2D eigenvalue weighted by Crippen LogP contribution is 2.25. The Hall–Kier alpha value is -3.32. The van der Waals surface area contributed by atoms with Gasteiger partial charge in [0.05, 0.1) is 19.4 Å². The van der Waals surface area contributed by atoms with Crippen molar-refractivity contribution in [2.75, 3.05) is 13.7 Å². The van der Waals surface area contributed by atoms with Crippen LogP contribution in [0, 0.1) is 5.82 Å². The van der Waals surface area contributed by atoms with Crippen molar-refractivity contribution in [1.82, 2.24) is 4.98 Å². The van der Waals surface area contributed by atoms with Gasteiger partial charge >= 0.3 is 5.97 Å². The third kappa shape index (κ3) is 7.95. The zero-order chi connectivity index (χ0) is 23.5. The molecular formula is C26H26FNO4S. The Balaban J connectivity index is 1.38. The minimum Gasteiger partial charge on any atom is -0.497 e. The van der Waals surface area contributed by atoms with Crippen LogP contribution in [0.2, 0.25) is 0 Å². The van der Waals surface area contributed by atoms with Crippen molar-refractivity contribution in [2.24, 2.45) is 0 Å². The van der Waals surface area contributed by atoms with Crippen LogP contribution in [-0.2, 0) is 21.7 Å². The summed E-state index contributed by atoms with van der Waals surface area (Å²) < 4.78 is 29.6. The first-order chi connectivity index (χ1) is 16.0. The summed E-state index contributed by atoms with van der Waals surface area (Å²) in [5.74, 6) is 0.404. The molecule has 33 heavy (non-hydrogen) atoms. The number of carbonyl (C=O) groups excluding carboxylic acids is 1. The van der Waals surface area contributed by atoms with Crippen molar-refractivity contribution in [3.63, 3.8) is 0 Å². The number of nitrogens with zero attached hydrogens (tertiary/aromatic N) is 1. The van der Waals surface area contributed by atoms with E-state index in [1.807, 2.05) is 24.3 Å². The predicted molar refractivity (Wildman–Crippen MR) is 127 cm³/mol. The van der Waals surface area contributed by atoms with Crippen LogP contribution < -0.4 is 9.47 Å². The summed E-state index contributed by atoms with van der Waals surface area (Å²) in [7, 11) is 1.64. The normalized spacial score (nSPS) is 10.5. The largest absolute Gasteiger partial charge is 0.497 e. The van der Waals surface area contributed by atoms with E-state index in [2.05, 4.69) is 11.6 Å². The summed E-state index contributed by atoms with van der Waals surface area (Å²) in [4.78, 5) is 17.1. The van der Waals surface area contributed by atoms with E-state index in [9.17, 15) is 9.18 Å². The number of pyridine rings is 1. The quantitative estimate of drug-likeness (QED) is 0.107. The Morgan fingerprint density at radius 1 is 1.03 bits per heavy atom. The Labute approximate surface area is 197 Å². The van der Waals surface area contributed by atoms with E-state index in [0.29, 0.717) is 22.9 Å². The van der Waals surface area contributed by atoms with E-state index < -0.39 is 5.97 Å². The molecule has 0 aliphatic heterocycles. The third-order valence-corrected chi connectivity index (χ3v) is 5.80. The van der Waals surface area contributed by atoms with Crippen molar-refractivity contribution in [1.29, 1.82) is 0 Å². The molecule has 0 aliphatic rings. The van der Waals surface area contributed by atoms with Crippen LogP contribution in [0.25, 0.3) is 0 Å².